The van der Waals surface area contributed by atoms with E-state index in [4.69, 9.17) is 21.0 Å². The molecule has 0 aliphatic carbocycles. The van der Waals surface area contributed by atoms with Crippen LogP contribution in [0.3, 0.4) is 0 Å². The Balaban J connectivity index is 1.82. The molecule has 2 aromatic heterocycles. The number of nitrogen functional groups attached to an aromatic ring is 1. The molecule has 0 amide bonds. The fourth-order valence-corrected chi connectivity index (χ4v) is 3.72. The number of halogens is 1. The van der Waals surface area contributed by atoms with Gasteiger partial charge < -0.3 is 15.6 Å². The summed E-state index contributed by atoms with van der Waals surface area (Å²) in [6.45, 7) is 1.48. The van der Waals surface area contributed by atoms with E-state index < -0.39 is 17.4 Å². The topological polar surface area (TPSA) is 156 Å². The number of H-pyrrole nitrogens is 1. The van der Waals surface area contributed by atoms with Gasteiger partial charge in [0.2, 0.25) is 0 Å². The Hall–Kier alpha value is -4.38. The Labute approximate surface area is 199 Å². The zero-order valence-electron chi connectivity index (χ0n) is 18.9. The van der Waals surface area contributed by atoms with Crippen LogP contribution in [0.5, 0.6) is 5.75 Å². The number of ether oxygens (including phenoxy) is 1. The molecule has 0 radical (unpaired) electrons. The van der Waals surface area contributed by atoms with Crippen LogP contribution in [0.4, 0.5) is 4.39 Å². The normalized spacial score (nSPS) is 11.9. The van der Waals surface area contributed by atoms with Crippen molar-refractivity contribution >= 4 is 5.84 Å². The van der Waals surface area contributed by atoms with Crippen molar-refractivity contribution in [1.29, 1.82) is 5.41 Å². The first-order valence-corrected chi connectivity index (χ1v) is 10.8. The van der Waals surface area contributed by atoms with Gasteiger partial charge >= 0.3 is 5.69 Å². The van der Waals surface area contributed by atoms with E-state index in [1.807, 2.05) is 0 Å². The second-order valence-electron chi connectivity index (χ2n) is 7.88. The van der Waals surface area contributed by atoms with Gasteiger partial charge in [0.25, 0.3) is 5.95 Å². The summed E-state index contributed by atoms with van der Waals surface area (Å²) in [6.07, 6.45) is 3.25. The van der Waals surface area contributed by atoms with Crippen molar-refractivity contribution in [3.63, 3.8) is 0 Å². The summed E-state index contributed by atoms with van der Waals surface area (Å²) < 4.78 is 22.0. The molecule has 11 heteroatoms. The lowest BCUT2D eigenvalue weighted by molar-refractivity contribution is 0.196. The Morgan fingerprint density at radius 3 is 2.63 bits per heavy atom. The summed E-state index contributed by atoms with van der Waals surface area (Å²) in [5.74, 6) is -1.07. The van der Waals surface area contributed by atoms with Gasteiger partial charge in [0.15, 0.2) is 11.6 Å². The van der Waals surface area contributed by atoms with Crippen LogP contribution in [-0.2, 0) is 6.42 Å². The van der Waals surface area contributed by atoms with E-state index in [0.29, 0.717) is 5.56 Å². The third-order valence-corrected chi connectivity index (χ3v) is 5.35. The van der Waals surface area contributed by atoms with E-state index in [9.17, 15) is 4.79 Å². The predicted molar refractivity (Wildman–Crippen MR) is 126 cm³/mol. The highest BCUT2D eigenvalue weighted by Crippen LogP contribution is 2.33. The molecule has 5 N–H and O–H groups in total. The molecule has 35 heavy (non-hydrogen) atoms. The maximum atomic E-state index is 15.6. The first kappa shape index (κ1) is 23.8. The van der Waals surface area contributed by atoms with Crippen LogP contribution in [0.2, 0.25) is 0 Å². The molecule has 4 aromatic rings. The number of hydrogen-bond donors (Lipinski definition) is 4. The number of aromatic amines is 1. The van der Waals surface area contributed by atoms with Crippen LogP contribution in [0, 0.1) is 18.2 Å². The average molecular weight is 478 g/mol. The van der Waals surface area contributed by atoms with Crippen molar-refractivity contribution in [1.82, 2.24) is 24.7 Å². The van der Waals surface area contributed by atoms with E-state index in [1.165, 1.54) is 12.4 Å². The Bertz CT molecular complexity index is 1380. The Kier molecular flexibility index (Phi) is 6.97. The minimum absolute atomic E-state index is 0.000787. The number of amidine groups is 1. The van der Waals surface area contributed by atoms with Gasteiger partial charge in [-0.25, -0.2) is 19.2 Å². The van der Waals surface area contributed by atoms with E-state index in [1.54, 1.807) is 49.4 Å². The molecule has 0 fully saturated rings. The first-order chi connectivity index (χ1) is 16.9. The van der Waals surface area contributed by atoms with Gasteiger partial charge in [0.1, 0.15) is 18.3 Å². The van der Waals surface area contributed by atoms with Crippen LogP contribution in [-0.4, -0.2) is 48.9 Å². The molecule has 0 spiro atoms. The highest BCUT2D eigenvalue weighted by atomic mass is 19.1. The van der Waals surface area contributed by atoms with Gasteiger partial charge in [-0.15, -0.1) is 9.78 Å². The number of nitrogens with two attached hydrogens (primary N) is 1. The molecule has 1 unspecified atom stereocenters. The highest BCUT2D eigenvalue weighted by Gasteiger charge is 2.26. The van der Waals surface area contributed by atoms with Crippen molar-refractivity contribution < 1.29 is 14.2 Å². The number of aryl methyl sites for hydroxylation is 1. The minimum Gasteiger partial charge on any atom is -0.488 e. The molecule has 0 saturated carbocycles. The van der Waals surface area contributed by atoms with Gasteiger partial charge in [0.05, 0.1) is 12.5 Å². The fourth-order valence-electron chi connectivity index (χ4n) is 3.72. The van der Waals surface area contributed by atoms with Crippen molar-refractivity contribution in [3.8, 4) is 11.7 Å². The van der Waals surface area contributed by atoms with Gasteiger partial charge in [-0.1, -0.05) is 30.3 Å². The van der Waals surface area contributed by atoms with Gasteiger partial charge in [0, 0.05) is 23.5 Å². The lowest BCUT2D eigenvalue weighted by Crippen LogP contribution is -2.18. The van der Waals surface area contributed by atoms with Gasteiger partial charge in [-0.3, -0.25) is 10.4 Å². The first-order valence-electron chi connectivity index (χ1n) is 10.8. The molecule has 4 rings (SSSR count). The smallest absolute Gasteiger partial charge is 0.350 e. The number of nitrogens with zero attached hydrogens (tertiary/aromatic N) is 4. The van der Waals surface area contributed by atoms with E-state index in [2.05, 4.69) is 20.1 Å². The molecular formula is C24H24FN7O3. The molecule has 2 aromatic carbocycles. The number of benzene rings is 2. The average Bonchev–Trinajstić information content (AvgIpc) is 3.25. The zero-order chi connectivity index (χ0) is 24.9. The van der Waals surface area contributed by atoms with E-state index >= 15 is 4.39 Å². The lowest BCUT2D eigenvalue weighted by atomic mass is 9.89. The zero-order valence-corrected chi connectivity index (χ0v) is 18.9. The third-order valence-electron chi connectivity index (χ3n) is 5.35. The van der Waals surface area contributed by atoms with Crippen LogP contribution < -0.4 is 16.2 Å². The molecule has 0 saturated heterocycles. The standard InChI is InChI=1S/C24H24FN7O3/c1-14-11-17(20(25)19(12-14)35-10-9-33)18(13-15-3-5-16(6-4-15)21(26)27)22-30-24(34)32(31-22)23-28-7-2-8-29-23/h2-8,11-12,18,33H,9-10,13H2,1H3,(H3,26,27)(H,30,31,34). The molecular weight excluding hydrogens is 453 g/mol. The third kappa shape index (κ3) is 5.25. The maximum absolute atomic E-state index is 15.6. The monoisotopic (exact) mass is 477 g/mol. The molecule has 2 heterocycles. The largest absolute Gasteiger partial charge is 0.488 e. The number of rotatable bonds is 9. The molecule has 0 bridgehead atoms. The summed E-state index contributed by atoms with van der Waals surface area (Å²) in [6, 6.07) is 11.8. The minimum atomic E-state index is -0.702. The predicted octanol–water partition coefficient (Wildman–Crippen LogP) is 1.83. The Morgan fingerprint density at radius 2 is 1.97 bits per heavy atom. The Morgan fingerprint density at radius 1 is 1.26 bits per heavy atom. The number of aliphatic hydroxyl groups excluding tert-OH is 1. The lowest BCUT2D eigenvalue weighted by Gasteiger charge is -2.19. The number of aliphatic hydroxyl groups is 1. The number of hydrogen-bond acceptors (Lipinski definition) is 7. The van der Waals surface area contributed by atoms with Crippen molar-refractivity contribution in [2.75, 3.05) is 13.2 Å². The second kappa shape index (κ2) is 10.3. The molecule has 0 aliphatic heterocycles. The van der Waals surface area contributed by atoms with Gasteiger partial charge in [-0.05, 0) is 36.6 Å². The summed E-state index contributed by atoms with van der Waals surface area (Å²) in [4.78, 5) is 23.5. The molecule has 1 atom stereocenters. The van der Waals surface area contributed by atoms with Crippen LogP contribution in [0.1, 0.15) is 34.0 Å². The highest BCUT2D eigenvalue weighted by molar-refractivity contribution is 5.94. The quantitative estimate of drug-likeness (QED) is 0.212. The van der Waals surface area contributed by atoms with E-state index in [0.717, 1.165) is 15.8 Å². The molecule has 180 valence electrons. The van der Waals surface area contributed by atoms with Crippen LogP contribution in [0.25, 0.3) is 5.95 Å². The van der Waals surface area contributed by atoms with Gasteiger partial charge in [-0.2, -0.15) is 0 Å². The van der Waals surface area contributed by atoms with Crippen LogP contribution >= 0.6 is 0 Å². The van der Waals surface area contributed by atoms with Crippen molar-refractivity contribution in [3.05, 3.63) is 99.2 Å². The maximum Gasteiger partial charge on any atom is 0.350 e. The number of aromatic nitrogens is 5. The summed E-state index contributed by atoms with van der Waals surface area (Å²) in [5.41, 5.74) is 7.36. The second-order valence-corrected chi connectivity index (χ2v) is 7.88. The summed E-state index contributed by atoms with van der Waals surface area (Å²) in [5, 5.41) is 21.1. The number of nitrogens with one attached hydrogen (secondary N) is 2. The SMILES string of the molecule is Cc1cc(OCCO)c(F)c(C(Cc2ccc(C(=N)N)cc2)c2nn(-c3ncccn3)c(=O)[nH]2)c1. The molecule has 0 aliphatic rings. The van der Waals surface area contributed by atoms with Crippen molar-refractivity contribution in [2.45, 2.75) is 19.3 Å². The molecule has 10 nitrogen and oxygen atoms in total. The summed E-state index contributed by atoms with van der Waals surface area (Å²) >= 11 is 0. The van der Waals surface area contributed by atoms with Crippen molar-refractivity contribution in [2.24, 2.45) is 5.73 Å². The fraction of sp³-hybridized carbons (Fsp3) is 0.208. The summed E-state index contributed by atoms with van der Waals surface area (Å²) in [7, 11) is 0. The van der Waals surface area contributed by atoms with Crippen LogP contribution in [0.15, 0.2) is 59.7 Å². The van der Waals surface area contributed by atoms with E-state index in [-0.39, 0.29) is 48.6 Å².